The number of amides is 1. The fourth-order valence-corrected chi connectivity index (χ4v) is 3.09. The van der Waals surface area contributed by atoms with Crippen molar-refractivity contribution in [3.63, 3.8) is 0 Å². The second-order valence-corrected chi connectivity index (χ2v) is 6.28. The average molecular weight is 370 g/mol. The molecule has 8 heteroatoms. The number of fused-ring (bicyclic) bond motifs is 1. The third-order valence-corrected chi connectivity index (χ3v) is 4.49. The van der Waals surface area contributed by atoms with E-state index in [4.69, 9.17) is 9.26 Å². The van der Waals surface area contributed by atoms with Crippen LogP contribution in [0.3, 0.4) is 0 Å². The minimum absolute atomic E-state index is 0.192. The minimum Gasteiger partial charge on any atom is -0.497 e. The molecule has 3 aromatic rings. The summed E-state index contributed by atoms with van der Waals surface area (Å²) >= 11 is 0. The van der Waals surface area contributed by atoms with Crippen molar-refractivity contribution in [1.82, 2.24) is 20.0 Å². The van der Waals surface area contributed by atoms with Crippen molar-refractivity contribution in [3.8, 4) is 5.75 Å². The maximum atomic E-state index is 12.9. The molecular weight excluding hydrogens is 348 g/mol. The van der Waals surface area contributed by atoms with Crippen LogP contribution >= 0.6 is 0 Å². The molecule has 0 aliphatic heterocycles. The largest absolute Gasteiger partial charge is 0.497 e. The van der Waals surface area contributed by atoms with E-state index in [0.29, 0.717) is 29.9 Å². The zero-order chi connectivity index (χ0) is 19.6. The first kappa shape index (κ1) is 18.6. The molecule has 2 heterocycles. The van der Waals surface area contributed by atoms with Gasteiger partial charge in [0, 0.05) is 6.54 Å². The molecule has 0 aliphatic carbocycles. The molecule has 1 amide bonds. The zero-order valence-corrected chi connectivity index (χ0v) is 15.8. The molecule has 1 N–H and O–H groups in total. The standard InChI is InChI=1S/C19H22N4O4/c1-5-15(17(24)20-10-13-7-6-8-14(9-13)26-4)23-12(3)21-18-16(19(23)25)11(2)22-27-18/h6-9,15H,5,10H2,1-4H3,(H,20,24). The fraction of sp³-hybridized carbons (Fsp3) is 0.368. The monoisotopic (exact) mass is 370 g/mol. The van der Waals surface area contributed by atoms with Gasteiger partial charge in [-0.15, -0.1) is 0 Å². The number of carbonyl (C=O) groups is 1. The number of hydrogen-bond acceptors (Lipinski definition) is 6. The number of methoxy groups -OCH3 is 1. The highest BCUT2D eigenvalue weighted by Gasteiger charge is 2.24. The number of nitrogens with zero attached hydrogens (tertiary/aromatic N) is 3. The summed E-state index contributed by atoms with van der Waals surface area (Å²) in [5.41, 5.74) is 1.24. The summed E-state index contributed by atoms with van der Waals surface area (Å²) in [5.74, 6) is 0.881. The molecule has 1 aromatic carbocycles. The zero-order valence-electron chi connectivity index (χ0n) is 15.8. The lowest BCUT2D eigenvalue weighted by Crippen LogP contribution is -2.38. The quantitative estimate of drug-likeness (QED) is 0.715. The smallest absolute Gasteiger partial charge is 0.267 e. The van der Waals surface area contributed by atoms with Gasteiger partial charge in [0.1, 0.15) is 23.0 Å². The van der Waals surface area contributed by atoms with Crippen LogP contribution in [0.2, 0.25) is 0 Å². The summed E-state index contributed by atoms with van der Waals surface area (Å²) < 4.78 is 11.7. The average Bonchev–Trinajstić information content (AvgIpc) is 3.03. The molecule has 0 saturated carbocycles. The molecule has 0 aliphatic rings. The molecule has 2 aromatic heterocycles. The van der Waals surface area contributed by atoms with Crippen molar-refractivity contribution in [2.75, 3.05) is 7.11 Å². The van der Waals surface area contributed by atoms with Crippen LogP contribution in [-0.2, 0) is 11.3 Å². The van der Waals surface area contributed by atoms with Gasteiger partial charge in [0.15, 0.2) is 0 Å². The maximum absolute atomic E-state index is 12.9. The number of benzene rings is 1. The van der Waals surface area contributed by atoms with Crippen LogP contribution < -0.4 is 15.6 Å². The Labute approximate surface area is 156 Å². The van der Waals surface area contributed by atoms with E-state index in [9.17, 15) is 9.59 Å². The highest BCUT2D eigenvalue weighted by molar-refractivity contribution is 5.81. The van der Waals surface area contributed by atoms with Crippen LogP contribution in [0.1, 0.15) is 36.5 Å². The molecule has 8 nitrogen and oxygen atoms in total. The molecule has 1 unspecified atom stereocenters. The Bertz CT molecular complexity index is 1040. The highest BCUT2D eigenvalue weighted by Crippen LogP contribution is 2.17. The summed E-state index contributed by atoms with van der Waals surface area (Å²) in [6.07, 6.45) is 0.447. The second kappa shape index (κ2) is 7.61. The van der Waals surface area contributed by atoms with Crippen LogP contribution in [0.25, 0.3) is 11.1 Å². The van der Waals surface area contributed by atoms with Gasteiger partial charge in [-0.25, -0.2) is 0 Å². The normalized spacial score (nSPS) is 12.1. The number of hydrogen-bond donors (Lipinski definition) is 1. The van der Waals surface area contributed by atoms with E-state index in [-0.39, 0.29) is 17.2 Å². The van der Waals surface area contributed by atoms with Crippen molar-refractivity contribution in [3.05, 3.63) is 51.7 Å². The molecule has 0 radical (unpaired) electrons. The fourth-order valence-electron chi connectivity index (χ4n) is 3.09. The molecule has 3 rings (SSSR count). The molecule has 142 valence electrons. The first-order valence-electron chi connectivity index (χ1n) is 8.72. The molecule has 0 bridgehead atoms. The molecule has 0 fully saturated rings. The highest BCUT2D eigenvalue weighted by atomic mass is 16.5. The van der Waals surface area contributed by atoms with Gasteiger partial charge in [-0.1, -0.05) is 24.2 Å². The molecule has 1 atom stereocenters. The molecule has 0 saturated heterocycles. The number of ether oxygens (including phenoxy) is 1. The lowest BCUT2D eigenvalue weighted by molar-refractivity contribution is -0.124. The van der Waals surface area contributed by atoms with Crippen LogP contribution in [0.4, 0.5) is 0 Å². The van der Waals surface area contributed by atoms with Gasteiger partial charge < -0.3 is 14.6 Å². The van der Waals surface area contributed by atoms with Crippen molar-refractivity contribution >= 4 is 17.0 Å². The molecule has 0 spiro atoms. The van der Waals surface area contributed by atoms with Crippen LogP contribution in [0.5, 0.6) is 5.75 Å². The number of aromatic nitrogens is 3. The Morgan fingerprint density at radius 2 is 2.15 bits per heavy atom. The predicted octanol–water partition coefficient (Wildman–Crippen LogP) is 2.28. The van der Waals surface area contributed by atoms with E-state index < -0.39 is 6.04 Å². The number of nitrogens with one attached hydrogen (secondary N) is 1. The Balaban J connectivity index is 1.88. The minimum atomic E-state index is -0.672. The van der Waals surface area contributed by atoms with E-state index in [1.54, 1.807) is 21.0 Å². The first-order valence-corrected chi connectivity index (χ1v) is 8.72. The molecular formula is C19H22N4O4. The van der Waals surface area contributed by atoms with E-state index in [1.807, 2.05) is 31.2 Å². The number of aryl methyl sites for hydroxylation is 2. The Hall–Kier alpha value is -3.16. The Morgan fingerprint density at radius 3 is 2.85 bits per heavy atom. The predicted molar refractivity (Wildman–Crippen MR) is 99.7 cm³/mol. The van der Waals surface area contributed by atoms with E-state index in [2.05, 4.69) is 15.5 Å². The Kier molecular flexibility index (Phi) is 5.25. The van der Waals surface area contributed by atoms with Gasteiger partial charge in [0.05, 0.1) is 12.8 Å². The Morgan fingerprint density at radius 1 is 1.37 bits per heavy atom. The SMILES string of the molecule is CCC(C(=O)NCc1cccc(OC)c1)n1c(C)nc2onc(C)c2c1=O. The molecule has 27 heavy (non-hydrogen) atoms. The van der Waals surface area contributed by atoms with Gasteiger partial charge in [0.2, 0.25) is 5.91 Å². The van der Waals surface area contributed by atoms with Crippen molar-refractivity contribution in [2.45, 2.75) is 39.8 Å². The lowest BCUT2D eigenvalue weighted by atomic mass is 10.1. The van der Waals surface area contributed by atoms with Gasteiger partial charge in [-0.3, -0.25) is 14.2 Å². The van der Waals surface area contributed by atoms with Crippen LogP contribution in [-0.4, -0.2) is 27.7 Å². The summed E-state index contributed by atoms with van der Waals surface area (Å²) in [7, 11) is 1.59. The summed E-state index contributed by atoms with van der Waals surface area (Å²) in [5, 5.41) is 6.99. The third-order valence-electron chi connectivity index (χ3n) is 4.49. The van der Waals surface area contributed by atoms with Crippen molar-refractivity contribution in [1.29, 1.82) is 0 Å². The van der Waals surface area contributed by atoms with E-state index in [1.165, 1.54) is 4.57 Å². The van der Waals surface area contributed by atoms with E-state index >= 15 is 0 Å². The third kappa shape index (κ3) is 3.55. The van der Waals surface area contributed by atoms with E-state index in [0.717, 1.165) is 11.3 Å². The van der Waals surface area contributed by atoms with Gasteiger partial charge >= 0.3 is 0 Å². The van der Waals surface area contributed by atoms with Crippen molar-refractivity contribution in [2.24, 2.45) is 0 Å². The first-order chi connectivity index (χ1) is 13.0. The van der Waals surface area contributed by atoms with Crippen molar-refractivity contribution < 1.29 is 14.1 Å². The number of rotatable bonds is 6. The van der Waals surface area contributed by atoms with Crippen LogP contribution in [0.15, 0.2) is 33.6 Å². The lowest BCUT2D eigenvalue weighted by Gasteiger charge is -2.19. The van der Waals surface area contributed by atoms with Crippen LogP contribution in [0, 0.1) is 13.8 Å². The summed E-state index contributed by atoms with van der Waals surface area (Å²) in [6, 6.07) is 6.78. The number of carbonyl (C=O) groups excluding carboxylic acids is 1. The van der Waals surface area contributed by atoms with Gasteiger partial charge in [-0.2, -0.15) is 4.98 Å². The topological polar surface area (TPSA) is 99.2 Å². The summed E-state index contributed by atoms with van der Waals surface area (Å²) in [4.78, 5) is 30.0. The van der Waals surface area contributed by atoms with Gasteiger partial charge in [0.25, 0.3) is 11.3 Å². The maximum Gasteiger partial charge on any atom is 0.267 e. The second-order valence-electron chi connectivity index (χ2n) is 6.28. The van der Waals surface area contributed by atoms with Gasteiger partial charge in [-0.05, 0) is 38.0 Å². The summed E-state index contributed by atoms with van der Waals surface area (Å²) in [6.45, 7) is 5.55.